The van der Waals surface area contributed by atoms with Crippen LogP contribution in [0.3, 0.4) is 0 Å². The predicted molar refractivity (Wildman–Crippen MR) is 123 cm³/mol. The lowest BCUT2D eigenvalue weighted by Crippen LogP contribution is -2.24. The number of fused-ring (bicyclic) bond motifs is 1. The third kappa shape index (κ3) is 5.58. The number of hydrogen-bond acceptors (Lipinski definition) is 5. The first-order valence-electron chi connectivity index (χ1n) is 10.6. The molecule has 0 bridgehead atoms. The van der Waals surface area contributed by atoms with Gasteiger partial charge in [0, 0.05) is 23.9 Å². The second kappa shape index (κ2) is 10.9. The summed E-state index contributed by atoms with van der Waals surface area (Å²) >= 11 is 0. The Morgan fingerprint density at radius 3 is 2.47 bits per heavy atom. The van der Waals surface area contributed by atoms with Gasteiger partial charge in [-0.2, -0.15) is 0 Å². The van der Waals surface area contributed by atoms with Gasteiger partial charge < -0.3 is 19.5 Å². The van der Waals surface area contributed by atoms with Gasteiger partial charge in [0.2, 0.25) is 0 Å². The molecule has 0 amide bonds. The highest BCUT2D eigenvalue weighted by atomic mass is 35.5. The van der Waals surface area contributed by atoms with E-state index in [-0.39, 0.29) is 24.5 Å². The number of carbonyl (C=O) groups excluding carboxylic acids is 1. The molecule has 166 valence electrons. The van der Waals surface area contributed by atoms with Crippen molar-refractivity contribution in [3.63, 3.8) is 0 Å². The summed E-state index contributed by atoms with van der Waals surface area (Å²) in [5.74, 6) is 1.37. The highest BCUT2D eigenvalue weighted by molar-refractivity contribution is 5.91. The molecule has 2 aromatic carbocycles. The summed E-state index contributed by atoms with van der Waals surface area (Å²) in [7, 11) is 5.67. The molecule has 0 atom stereocenters. The molecule has 2 aromatic rings. The molecule has 0 radical (unpaired) electrons. The van der Waals surface area contributed by atoms with Gasteiger partial charge in [-0.05, 0) is 75.2 Å². The number of benzene rings is 2. The summed E-state index contributed by atoms with van der Waals surface area (Å²) in [5.41, 5.74) is 2.20. The second-order valence-electron chi connectivity index (χ2n) is 8.33. The molecule has 0 heterocycles. The Labute approximate surface area is 185 Å². The maximum absolute atomic E-state index is 11.8. The average Bonchev–Trinajstić information content (AvgIpc) is 2.70. The van der Waals surface area contributed by atoms with Crippen molar-refractivity contribution in [2.75, 3.05) is 21.2 Å². The molecule has 0 aliphatic heterocycles. The van der Waals surface area contributed by atoms with E-state index in [1.807, 2.05) is 39.2 Å². The maximum atomic E-state index is 11.8. The molecule has 1 saturated carbocycles. The zero-order valence-electron chi connectivity index (χ0n) is 18.4. The van der Waals surface area contributed by atoms with E-state index in [1.54, 1.807) is 7.11 Å². The zero-order valence-corrected chi connectivity index (χ0v) is 19.3. The SMILES string of the molecule is CCCC(=O)OC1CCC(c2cc3ccc(OC)cc3c(O)c2CN(C)C)CC1.Cl. The number of nitrogens with zero attached hydrogens (tertiary/aromatic N) is 1. The summed E-state index contributed by atoms with van der Waals surface area (Å²) in [5, 5.41) is 13.0. The van der Waals surface area contributed by atoms with E-state index in [2.05, 4.69) is 11.0 Å². The minimum atomic E-state index is -0.0819. The molecule has 0 unspecified atom stereocenters. The van der Waals surface area contributed by atoms with Crippen molar-refractivity contribution in [3.05, 3.63) is 35.4 Å². The van der Waals surface area contributed by atoms with Gasteiger partial charge in [-0.3, -0.25) is 4.79 Å². The quantitative estimate of drug-likeness (QED) is 0.589. The Balaban J connectivity index is 0.00000320. The van der Waals surface area contributed by atoms with Crippen LogP contribution >= 0.6 is 12.4 Å². The van der Waals surface area contributed by atoms with E-state index >= 15 is 0 Å². The largest absolute Gasteiger partial charge is 0.507 e. The fourth-order valence-corrected chi connectivity index (χ4v) is 4.33. The molecule has 3 rings (SSSR count). The Kier molecular flexibility index (Phi) is 8.80. The number of esters is 1. The van der Waals surface area contributed by atoms with Crippen LogP contribution in [0.1, 0.15) is 62.5 Å². The Morgan fingerprint density at radius 2 is 1.87 bits per heavy atom. The summed E-state index contributed by atoms with van der Waals surface area (Å²) in [6.45, 7) is 2.67. The number of phenols is 1. The van der Waals surface area contributed by atoms with Gasteiger partial charge in [0.05, 0.1) is 7.11 Å². The molecule has 6 heteroatoms. The first-order valence-corrected chi connectivity index (χ1v) is 10.6. The van der Waals surface area contributed by atoms with Crippen LogP contribution in [0.4, 0.5) is 0 Å². The van der Waals surface area contributed by atoms with Crippen molar-refractivity contribution in [2.45, 2.75) is 64.0 Å². The van der Waals surface area contributed by atoms with Crippen LogP contribution in [-0.4, -0.2) is 43.3 Å². The predicted octanol–water partition coefficient (Wildman–Crippen LogP) is 5.41. The van der Waals surface area contributed by atoms with Crippen molar-refractivity contribution >= 4 is 29.1 Å². The summed E-state index contributed by atoms with van der Waals surface area (Å²) in [4.78, 5) is 13.9. The minimum Gasteiger partial charge on any atom is -0.507 e. The summed E-state index contributed by atoms with van der Waals surface area (Å²) in [6.07, 6.45) is 5.03. The van der Waals surface area contributed by atoms with E-state index in [0.717, 1.165) is 54.2 Å². The van der Waals surface area contributed by atoms with E-state index in [1.165, 1.54) is 5.56 Å². The van der Waals surface area contributed by atoms with Crippen LogP contribution in [0, 0.1) is 0 Å². The van der Waals surface area contributed by atoms with Gasteiger partial charge in [0.25, 0.3) is 0 Å². The third-order valence-corrected chi connectivity index (χ3v) is 5.80. The van der Waals surface area contributed by atoms with E-state index < -0.39 is 0 Å². The van der Waals surface area contributed by atoms with Crippen molar-refractivity contribution in [3.8, 4) is 11.5 Å². The molecular formula is C24H34ClNO4. The Bertz CT molecular complexity index is 860. The minimum absolute atomic E-state index is 0. The maximum Gasteiger partial charge on any atom is 0.306 e. The van der Waals surface area contributed by atoms with Crippen LogP contribution in [0.25, 0.3) is 10.8 Å². The van der Waals surface area contributed by atoms with Crippen molar-refractivity contribution in [1.29, 1.82) is 0 Å². The number of rotatable bonds is 7. The summed E-state index contributed by atoms with van der Waals surface area (Å²) < 4.78 is 11.0. The van der Waals surface area contributed by atoms with Gasteiger partial charge in [-0.15, -0.1) is 12.4 Å². The fourth-order valence-electron chi connectivity index (χ4n) is 4.33. The van der Waals surface area contributed by atoms with Crippen LogP contribution < -0.4 is 4.74 Å². The van der Waals surface area contributed by atoms with Gasteiger partial charge in [-0.25, -0.2) is 0 Å². The molecular weight excluding hydrogens is 402 g/mol. The average molecular weight is 436 g/mol. The van der Waals surface area contributed by atoms with Gasteiger partial charge >= 0.3 is 5.97 Å². The molecule has 1 aliphatic rings. The number of ether oxygens (including phenoxy) is 2. The topological polar surface area (TPSA) is 59.0 Å². The highest BCUT2D eigenvalue weighted by Gasteiger charge is 2.28. The highest BCUT2D eigenvalue weighted by Crippen LogP contribution is 2.42. The molecule has 30 heavy (non-hydrogen) atoms. The number of hydrogen-bond donors (Lipinski definition) is 1. The monoisotopic (exact) mass is 435 g/mol. The lowest BCUT2D eigenvalue weighted by Gasteiger charge is -2.31. The van der Waals surface area contributed by atoms with Crippen molar-refractivity contribution in [2.24, 2.45) is 0 Å². The smallest absolute Gasteiger partial charge is 0.306 e. The van der Waals surface area contributed by atoms with Crippen LogP contribution in [0.15, 0.2) is 24.3 Å². The van der Waals surface area contributed by atoms with E-state index in [9.17, 15) is 9.90 Å². The number of phenolic OH excluding ortho intramolecular Hbond substituents is 1. The number of halogens is 1. The standard InChI is InChI=1S/C24H33NO4.ClH/c1-5-6-23(26)29-18-10-7-16(8-11-18)20-13-17-9-12-19(28-4)14-21(17)24(27)22(20)15-25(2)3;/h9,12-14,16,18,27H,5-8,10-11,15H2,1-4H3;1H. The molecule has 0 saturated heterocycles. The summed E-state index contributed by atoms with van der Waals surface area (Å²) in [6, 6.07) is 8.06. The molecule has 1 N–H and O–H groups in total. The van der Waals surface area contributed by atoms with Crippen LogP contribution in [0.2, 0.25) is 0 Å². The number of methoxy groups -OCH3 is 1. The Hall–Kier alpha value is -1.98. The lowest BCUT2D eigenvalue weighted by molar-refractivity contribution is -0.150. The molecule has 1 aliphatic carbocycles. The van der Waals surface area contributed by atoms with Crippen molar-refractivity contribution < 1.29 is 19.4 Å². The molecule has 5 nitrogen and oxygen atoms in total. The molecule has 1 fully saturated rings. The van der Waals surface area contributed by atoms with Gasteiger partial charge in [-0.1, -0.05) is 19.1 Å². The second-order valence-corrected chi connectivity index (χ2v) is 8.33. The molecule has 0 spiro atoms. The third-order valence-electron chi connectivity index (χ3n) is 5.80. The number of carbonyl (C=O) groups is 1. The van der Waals surface area contributed by atoms with Crippen LogP contribution in [0.5, 0.6) is 11.5 Å². The number of aromatic hydroxyl groups is 1. The molecule has 0 aromatic heterocycles. The van der Waals surface area contributed by atoms with E-state index in [4.69, 9.17) is 9.47 Å². The van der Waals surface area contributed by atoms with E-state index in [0.29, 0.717) is 24.6 Å². The fraction of sp³-hybridized carbons (Fsp3) is 0.542. The van der Waals surface area contributed by atoms with Gasteiger partial charge in [0.1, 0.15) is 17.6 Å². The first-order chi connectivity index (χ1) is 13.9. The zero-order chi connectivity index (χ0) is 21.0. The van der Waals surface area contributed by atoms with Gasteiger partial charge in [0.15, 0.2) is 0 Å². The van der Waals surface area contributed by atoms with Crippen molar-refractivity contribution in [1.82, 2.24) is 4.90 Å². The van der Waals surface area contributed by atoms with Crippen LogP contribution in [-0.2, 0) is 16.1 Å². The lowest BCUT2D eigenvalue weighted by atomic mass is 9.79. The first kappa shape index (κ1) is 24.3. The normalized spacial score (nSPS) is 18.8. The Morgan fingerprint density at radius 1 is 1.17 bits per heavy atom.